The lowest BCUT2D eigenvalue weighted by Gasteiger charge is -2.11. The van der Waals surface area contributed by atoms with Crippen molar-refractivity contribution in [2.75, 3.05) is 32.7 Å². The first-order chi connectivity index (χ1) is 18.8. The van der Waals surface area contributed by atoms with Crippen LogP contribution in [0.4, 0.5) is 5.69 Å². The number of benzene rings is 3. The number of nitrogens with one attached hydrogen (secondary N) is 3. The maximum absolute atomic E-state index is 12.3. The van der Waals surface area contributed by atoms with Crippen LogP contribution in [0.5, 0.6) is 17.2 Å². The Labute approximate surface area is 235 Å². The minimum atomic E-state index is -0.935. The third-order valence-corrected chi connectivity index (χ3v) is 6.05. The van der Waals surface area contributed by atoms with Gasteiger partial charge in [0.2, 0.25) is 0 Å². The predicted octanol–water partition coefficient (Wildman–Crippen LogP) is 3.84. The van der Waals surface area contributed by atoms with Gasteiger partial charge in [0.1, 0.15) is 5.75 Å². The molecule has 3 rings (SSSR count). The quantitative estimate of drug-likeness (QED) is 0.182. The fraction of sp³-hybridized carbons (Fsp3) is 0.185. The third kappa shape index (κ3) is 8.62. The molecule has 0 radical (unpaired) electrons. The summed E-state index contributed by atoms with van der Waals surface area (Å²) in [5.41, 5.74) is 3.90. The number of hydrazone groups is 1. The van der Waals surface area contributed by atoms with Crippen LogP contribution in [-0.2, 0) is 20.8 Å². The summed E-state index contributed by atoms with van der Waals surface area (Å²) in [6, 6.07) is 17.0. The summed E-state index contributed by atoms with van der Waals surface area (Å²) in [6.07, 6.45) is 1.78. The minimum absolute atomic E-state index is 0.223. The molecule has 12 heteroatoms. The van der Waals surface area contributed by atoms with E-state index in [1.54, 1.807) is 61.7 Å². The van der Waals surface area contributed by atoms with E-state index in [-0.39, 0.29) is 18.2 Å². The number of hydrogen-bond acceptors (Lipinski definition) is 7. The van der Waals surface area contributed by atoms with Crippen molar-refractivity contribution in [3.05, 3.63) is 81.8 Å². The molecule has 0 spiro atoms. The summed E-state index contributed by atoms with van der Waals surface area (Å²) >= 11 is 12.0. The molecule has 3 amide bonds. The SMILES string of the molecule is COc1ccc(CCNC(=O)C(=O)N/N=C\c2ccccc2OCC(=O)Nc2cccc(Cl)c2Cl)cc1OC. The molecule has 0 fully saturated rings. The van der Waals surface area contributed by atoms with Crippen molar-refractivity contribution in [3.8, 4) is 17.2 Å². The fourth-order valence-corrected chi connectivity index (χ4v) is 3.64. The zero-order valence-electron chi connectivity index (χ0n) is 21.1. The predicted molar refractivity (Wildman–Crippen MR) is 149 cm³/mol. The zero-order chi connectivity index (χ0) is 28.2. The van der Waals surface area contributed by atoms with Gasteiger partial charge in [-0.25, -0.2) is 5.43 Å². The molecule has 0 bridgehead atoms. The van der Waals surface area contributed by atoms with E-state index in [0.29, 0.717) is 39.9 Å². The topological polar surface area (TPSA) is 127 Å². The first kappa shape index (κ1) is 29.3. The number of anilines is 1. The van der Waals surface area contributed by atoms with Gasteiger partial charge in [0.05, 0.1) is 36.2 Å². The average Bonchev–Trinajstić information content (AvgIpc) is 2.94. The Bertz CT molecular complexity index is 1370. The first-order valence-electron chi connectivity index (χ1n) is 11.6. The minimum Gasteiger partial charge on any atom is -0.493 e. The van der Waals surface area contributed by atoms with Gasteiger partial charge in [-0.1, -0.05) is 47.5 Å². The third-order valence-electron chi connectivity index (χ3n) is 5.23. The number of carbonyl (C=O) groups is 3. The standard InChI is InChI=1S/C27H26Cl2N4O6/c1-37-22-11-10-17(14-23(22)38-2)12-13-30-26(35)27(36)33-31-15-18-6-3-4-9-21(18)39-16-24(34)32-20-8-5-7-19(28)25(20)29/h3-11,14-15H,12-13,16H2,1-2H3,(H,30,35)(H,32,34)(H,33,36)/b31-15-. The van der Waals surface area contributed by atoms with E-state index >= 15 is 0 Å². The van der Waals surface area contributed by atoms with Crippen LogP contribution in [0.1, 0.15) is 11.1 Å². The van der Waals surface area contributed by atoms with Crippen molar-refractivity contribution < 1.29 is 28.6 Å². The fourth-order valence-electron chi connectivity index (χ4n) is 3.30. The summed E-state index contributed by atoms with van der Waals surface area (Å²) in [5, 5.41) is 9.51. The highest BCUT2D eigenvalue weighted by Gasteiger charge is 2.13. The van der Waals surface area contributed by atoms with E-state index in [2.05, 4.69) is 21.2 Å². The van der Waals surface area contributed by atoms with E-state index in [0.717, 1.165) is 5.56 Å². The van der Waals surface area contributed by atoms with E-state index in [4.69, 9.17) is 37.4 Å². The van der Waals surface area contributed by atoms with Crippen LogP contribution in [-0.4, -0.2) is 51.3 Å². The molecule has 0 heterocycles. The van der Waals surface area contributed by atoms with Gasteiger partial charge in [0, 0.05) is 12.1 Å². The highest BCUT2D eigenvalue weighted by molar-refractivity contribution is 6.44. The van der Waals surface area contributed by atoms with Crippen molar-refractivity contribution in [2.45, 2.75) is 6.42 Å². The van der Waals surface area contributed by atoms with Crippen molar-refractivity contribution >= 4 is 52.8 Å². The molecule has 0 aliphatic carbocycles. The van der Waals surface area contributed by atoms with Crippen LogP contribution < -0.4 is 30.3 Å². The second-order valence-electron chi connectivity index (χ2n) is 7.87. The maximum Gasteiger partial charge on any atom is 0.329 e. The molecule has 0 aliphatic rings. The van der Waals surface area contributed by atoms with Gasteiger partial charge >= 0.3 is 11.8 Å². The lowest BCUT2D eigenvalue weighted by atomic mass is 10.1. The summed E-state index contributed by atoms with van der Waals surface area (Å²) in [7, 11) is 3.08. The molecule has 0 saturated carbocycles. The first-order valence-corrected chi connectivity index (χ1v) is 12.4. The monoisotopic (exact) mass is 572 g/mol. The molecule has 0 atom stereocenters. The van der Waals surface area contributed by atoms with E-state index in [1.165, 1.54) is 13.3 Å². The van der Waals surface area contributed by atoms with Gasteiger partial charge in [-0.15, -0.1) is 0 Å². The highest BCUT2D eigenvalue weighted by atomic mass is 35.5. The molecule has 39 heavy (non-hydrogen) atoms. The van der Waals surface area contributed by atoms with Gasteiger partial charge in [0.15, 0.2) is 18.1 Å². The Morgan fingerprint density at radius 3 is 2.44 bits per heavy atom. The number of carbonyl (C=O) groups excluding carboxylic acids is 3. The van der Waals surface area contributed by atoms with Crippen LogP contribution in [0.3, 0.4) is 0 Å². The van der Waals surface area contributed by atoms with Crippen molar-refractivity contribution in [1.82, 2.24) is 10.7 Å². The molecule has 204 valence electrons. The van der Waals surface area contributed by atoms with Crippen LogP contribution in [0.2, 0.25) is 10.0 Å². The number of para-hydroxylation sites is 1. The summed E-state index contributed by atoms with van der Waals surface area (Å²) in [5.74, 6) is -0.724. The van der Waals surface area contributed by atoms with E-state index in [1.807, 2.05) is 6.07 Å². The Hall–Kier alpha value is -4.28. The van der Waals surface area contributed by atoms with Gasteiger partial charge in [-0.05, 0) is 48.4 Å². The van der Waals surface area contributed by atoms with Gasteiger partial charge in [0.25, 0.3) is 5.91 Å². The summed E-state index contributed by atoms with van der Waals surface area (Å²) in [6.45, 7) is -0.0902. The Morgan fingerprint density at radius 2 is 1.67 bits per heavy atom. The summed E-state index contributed by atoms with van der Waals surface area (Å²) < 4.78 is 16.0. The number of ether oxygens (including phenoxy) is 3. The normalized spacial score (nSPS) is 10.6. The number of rotatable bonds is 11. The number of amides is 3. The van der Waals surface area contributed by atoms with Gasteiger partial charge in [-0.3, -0.25) is 14.4 Å². The number of methoxy groups -OCH3 is 2. The van der Waals surface area contributed by atoms with Crippen LogP contribution in [0.25, 0.3) is 0 Å². The average molecular weight is 573 g/mol. The molecule has 3 aromatic rings. The smallest absolute Gasteiger partial charge is 0.329 e. The van der Waals surface area contributed by atoms with Crippen molar-refractivity contribution in [1.29, 1.82) is 0 Å². The van der Waals surface area contributed by atoms with E-state index in [9.17, 15) is 14.4 Å². The van der Waals surface area contributed by atoms with Crippen molar-refractivity contribution in [2.24, 2.45) is 5.10 Å². The molecule has 3 N–H and O–H groups in total. The molecular weight excluding hydrogens is 547 g/mol. The van der Waals surface area contributed by atoms with Crippen LogP contribution >= 0.6 is 23.2 Å². The molecule has 0 aromatic heterocycles. The molecule has 0 unspecified atom stereocenters. The van der Waals surface area contributed by atoms with Gasteiger partial charge < -0.3 is 24.8 Å². The molecule has 0 saturated heterocycles. The Balaban J connectivity index is 1.47. The van der Waals surface area contributed by atoms with Crippen molar-refractivity contribution in [3.63, 3.8) is 0 Å². The van der Waals surface area contributed by atoms with Crippen LogP contribution in [0.15, 0.2) is 65.8 Å². The Morgan fingerprint density at radius 1 is 0.897 bits per heavy atom. The second-order valence-corrected chi connectivity index (χ2v) is 8.66. The molecule has 3 aromatic carbocycles. The molecular formula is C27H26Cl2N4O6. The molecule has 10 nitrogen and oxygen atoms in total. The number of hydrogen-bond donors (Lipinski definition) is 3. The lowest BCUT2D eigenvalue weighted by molar-refractivity contribution is -0.139. The highest BCUT2D eigenvalue weighted by Crippen LogP contribution is 2.29. The largest absolute Gasteiger partial charge is 0.493 e. The van der Waals surface area contributed by atoms with Gasteiger partial charge in [-0.2, -0.15) is 5.10 Å². The maximum atomic E-state index is 12.3. The number of nitrogens with zero attached hydrogens (tertiary/aromatic N) is 1. The Kier molecular flexibility index (Phi) is 11.0. The number of halogens is 2. The van der Waals surface area contributed by atoms with Crippen LogP contribution in [0, 0.1) is 0 Å². The zero-order valence-corrected chi connectivity index (χ0v) is 22.6. The van der Waals surface area contributed by atoms with E-state index < -0.39 is 17.7 Å². The lowest BCUT2D eigenvalue weighted by Crippen LogP contribution is -2.38. The summed E-state index contributed by atoms with van der Waals surface area (Å²) in [4.78, 5) is 36.5. The second kappa shape index (κ2) is 14.6. The molecule has 0 aliphatic heterocycles.